The van der Waals surface area contributed by atoms with Gasteiger partial charge in [-0.1, -0.05) is 11.6 Å². The minimum Gasteiger partial charge on any atom is -0.273 e. The summed E-state index contributed by atoms with van der Waals surface area (Å²) in [7, 11) is 0. The summed E-state index contributed by atoms with van der Waals surface area (Å²) in [5.41, 5.74) is 0. The van der Waals surface area contributed by atoms with Gasteiger partial charge in [0.05, 0.1) is 5.02 Å². The third kappa shape index (κ3) is 2.13. The van der Waals surface area contributed by atoms with Crippen LogP contribution in [0.15, 0.2) is 12.3 Å². The summed E-state index contributed by atoms with van der Waals surface area (Å²) in [4.78, 5) is 14.3. The Hall–Kier alpha value is -1.20. The number of nitrogens with two attached hydrogens (primary N) is 1. The predicted molar refractivity (Wildman–Crippen MR) is 46.6 cm³/mol. The van der Waals surface area contributed by atoms with Gasteiger partial charge in [-0.2, -0.15) is 0 Å². The lowest BCUT2D eigenvalue weighted by molar-refractivity contribution is -0.116. The molecule has 4 nitrogen and oxygen atoms in total. The Balaban J connectivity index is 3.08. The van der Waals surface area contributed by atoms with Crippen molar-refractivity contribution in [2.75, 3.05) is 5.01 Å². The maximum atomic E-state index is 13.0. The predicted octanol–water partition coefficient (Wildman–Crippen LogP) is 1.10. The van der Waals surface area contributed by atoms with Gasteiger partial charge >= 0.3 is 0 Å². The van der Waals surface area contributed by atoms with E-state index < -0.39 is 11.7 Å². The molecule has 1 rings (SSSR count). The molecular formula is C7H7ClFN3O. The number of nitrogens with zero attached hydrogens (tertiary/aromatic N) is 2. The van der Waals surface area contributed by atoms with Crippen LogP contribution in [-0.2, 0) is 4.79 Å². The van der Waals surface area contributed by atoms with Gasteiger partial charge in [-0.25, -0.2) is 20.2 Å². The van der Waals surface area contributed by atoms with E-state index >= 15 is 0 Å². The first-order valence-electron chi connectivity index (χ1n) is 3.39. The van der Waals surface area contributed by atoms with Crippen LogP contribution < -0.4 is 10.9 Å². The molecule has 0 atom stereocenters. The molecule has 2 N–H and O–H groups in total. The van der Waals surface area contributed by atoms with Gasteiger partial charge < -0.3 is 0 Å². The fourth-order valence-corrected chi connectivity index (χ4v) is 0.878. The maximum absolute atomic E-state index is 13.0. The van der Waals surface area contributed by atoms with Gasteiger partial charge in [0.25, 0.3) is 0 Å². The number of amides is 1. The lowest BCUT2D eigenvalue weighted by Crippen LogP contribution is -2.36. The lowest BCUT2D eigenvalue weighted by atomic mass is 10.4. The van der Waals surface area contributed by atoms with E-state index in [-0.39, 0.29) is 10.8 Å². The summed E-state index contributed by atoms with van der Waals surface area (Å²) < 4.78 is 13.0. The Bertz CT molecular complexity index is 345. The summed E-state index contributed by atoms with van der Waals surface area (Å²) in [6.45, 7) is 1.20. The molecule has 1 amide bonds. The summed E-state index contributed by atoms with van der Waals surface area (Å²) in [5, 5.41) is 0.768. The van der Waals surface area contributed by atoms with Crippen molar-refractivity contribution in [3.05, 3.63) is 23.1 Å². The molecular weight excluding hydrogens is 197 g/mol. The van der Waals surface area contributed by atoms with E-state index in [4.69, 9.17) is 17.4 Å². The molecule has 0 aliphatic heterocycles. The van der Waals surface area contributed by atoms with Gasteiger partial charge in [-0.3, -0.25) is 4.79 Å². The van der Waals surface area contributed by atoms with Gasteiger partial charge in [-0.15, -0.1) is 0 Å². The van der Waals surface area contributed by atoms with Crippen molar-refractivity contribution in [3.63, 3.8) is 0 Å². The number of aromatic nitrogens is 1. The molecule has 0 saturated carbocycles. The first kappa shape index (κ1) is 9.88. The Morgan fingerprint density at radius 1 is 1.77 bits per heavy atom. The zero-order chi connectivity index (χ0) is 10.0. The molecule has 0 radical (unpaired) electrons. The van der Waals surface area contributed by atoms with Crippen molar-refractivity contribution < 1.29 is 9.18 Å². The fraction of sp³-hybridized carbons (Fsp3) is 0.143. The van der Waals surface area contributed by atoms with E-state index in [1.807, 2.05) is 0 Å². The fourth-order valence-electron chi connectivity index (χ4n) is 0.734. The minimum atomic E-state index is -0.731. The molecule has 0 unspecified atom stereocenters. The number of carbonyl (C=O) groups is 1. The monoisotopic (exact) mass is 203 g/mol. The quantitative estimate of drug-likeness (QED) is 0.423. The molecule has 0 aromatic carbocycles. The number of hydrogen-bond acceptors (Lipinski definition) is 3. The molecule has 0 fully saturated rings. The number of anilines is 1. The van der Waals surface area contributed by atoms with Crippen LogP contribution in [0.25, 0.3) is 0 Å². The maximum Gasteiger partial charge on any atom is 0.239 e. The number of carbonyl (C=O) groups excluding carboxylic acids is 1. The second-order valence-corrected chi connectivity index (χ2v) is 2.78. The van der Waals surface area contributed by atoms with Gasteiger partial charge in [0.2, 0.25) is 5.91 Å². The summed E-state index contributed by atoms with van der Waals surface area (Å²) in [5.74, 6) is 3.75. The smallest absolute Gasteiger partial charge is 0.239 e. The van der Waals surface area contributed by atoms with Crippen LogP contribution in [0, 0.1) is 5.82 Å². The lowest BCUT2D eigenvalue weighted by Gasteiger charge is -2.13. The Morgan fingerprint density at radius 3 is 2.85 bits per heavy atom. The van der Waals surface area contributed by atoms with E-state index in [0.717, 1.165) is 6.07 Å². The summed E-state index contributed by atoms with van der Waals surface area (Å²) in [6, 6.07) is 1.03. The van der Waals surface area contributed by atoms with Gasteiger partial charge in [0, 0.05) is 13.1 Å². The van der Waals surface area contributed by atoms with Crippen LogP contribution in [0.4, 0.5) is 10.2 Å². The van der Waals surface area contributed by atoms with E-state index in [0.29, 0.717) is 5.01 Å². The molecule has 0 bridgehead atoms. The normalized spacial score (nSPS) is 9.85. The molecule has 1 heterocycles. The van der Waals surface area contributed by atoms with Crippen molar-refractivity contribution in [1.29, 1.82) is 0 Å². The van der Waals surface area contributed by atoms with Gasteiger partial charge in [0.1, 0.15) is 0 Å². The van der Waals surface area contributed by atoms with E-state index in [1.165, 1.54) is 13.1 Å². The van der Waals surface area contributed by atoms with Crippen LogP contribution in [0.1, 0.15) is 6.92 Å². The van der Waals surface area contributed by atoms with Crippen LogP contribution in [0.2, 0.25) is 5.02 Å². The topological polar surface area (TPSA) is 59.2 Å². The van der Waals surface area contributed by atoms with Crippen molar-refractivity contribution in [1.82, 2.24) is 4.98 Å². The SMILES string of the molecule is CC(=O)N(N)c1ncc(Cl)cc1F. The van der Waals surface area contributed by atoms with Crippen LogP contribution >= 0.6 is 11.6 Å². The van der Waals surface area contributed by atoms with E-state index in [2.05, 4.69) is 4.98 Å². The number of halogens is 2. The highest BCUT2D eigenvalue weighted by Gasteiger charge is 2.13. The van der Waals surface area contributed by atoms with Crippen LogP contribution in [0.5, 0.6) is 0 Å². The van der Waals surface area contributed by atoms with Gasteiger partial charge in [0.15, 0.2) is 11.6 Å². The third-order valence-electron chi connectivity index (χ3n) is 1.36. The van der Waals surface area contributed by atoms with Crippen LogP contribution in [0.3, 0.4) is 0 Å². The van der Waals surface area contributed by atoms with E-state index in [1.54, 1.807) is 0 Å². The molecule has 0 aliphatic carbocycles. The second-order valence-electron chi connectivity index (χ2n) is 2.35. The number of hydrogen-bond donors (Lipinski definition) is 1. The average molecular weight is 204 g/mol. The first-order chi connectivity index (χ1) is 6.02. The number of hydrazine groups is 1. The van der Waals surface area contributed by atoms with Crippen molar-refractivity contribution >= 4 is 23.3 Å². The highest BCUT2D eigenvalue weighted by Crippen LogP contribution is 2.17. The average Bonchev–Trinajstić information content (AvgIpc) is 2.03. The zero-order valence-electron chi connectivity index (χ0n) is 6.79. The minimum absolute atomic E-state index is 0.151. The molecule has 1 aromatic rings. The largest absolute Gasteiger partial charge is 0.273 e. The molecule has 0 aliphatic rings. The third-order valence-corrected chi connectivity index (χ3v) is 1.56. The van der Waals surface area contributed by atoms with Crippen molar-refractivity contribution in [2.45, 2.75) is 6.92 Å². The van der Waals surface area contributed by atoms with Crippen molar-refractivity contribution in [3.8, 4) is 0 Å². The Morgan fingerprint density at radius 2 is 2.38 bits per heavy atom. The summed E-state index contributed by atoms with van der Waals surface area (Å²) >= 11 is 5.45. The number of pyridine rings is 1. The van der Waals surface area contributed by atoms with Crippen molar-refractivity contribution in [2.24, 2.45) is 5.84 Å². The highest BCUT2D eigenvalue weighted by atomic mass is 35.5. The van der Waals surface area contributed by atoms with Gasteiger partial charge in [-0.05, 0) is 6.07 Å². The molecule has 6 heteroatoms. The Labute approximate surface area is 79.1 Å². The van der Waals surface area contributed by atoms with Crippen LogP contribution in [-0.4, -0.2) is 10.9 Å². The number of rotatable bonds is 1. The highest BCUT2D eigenvalue weighted by molar-refractivity contribution is 6.30. The molecule has 13 heavy (non-hydrogen) atoms. The zero-order valence-corrected chi connectivity index (χ0v) is 7.55. The summed E-state index contributed by atoms with van der Waals surface area (Å²) in [6.07, 6.45) is 1.21. The molecule has 1 aromatic heterocycles. The standard InChI is InChI=1S/C7H7ClFN3O/c1-4(13)12(10)7-6(9)2-5(8)3-11-7/h2-3H,10H2,1H3. The first-order valence-corrected chi connectivity index (χ1v) is 3.76. The molecule has 0 spiro atoms. The molecule has 0 saturated heterocycles. The molecule has 70 valence electrons. The van der Waals surface area contributed by atoms with E-state index in [9.17, 15) is 9.18 Å². The Kier molecular flexibility index (Phi) is 2.79. The second kappa shape index (κ2) is 3.68.